The Kier molecular flexibility index (Phi) is 6.67. The lowest BCUT2D eigenvalue weighted by molar-refractivity contribution is -0.113. The number of carbonyl (C=O) groups excluding carboxylic acids is 1. The van der Waals surface area contributed by atoms with Gasteiger partial charge in [0.25, 0.3) is 0 Å². The number of amides is 1. The Hall–Kier alpha value is -3.19. The quantitative estimate of drug-likeness (QED) is 0.469. The van der Waals surface area contributed by atoms with E-state index in [0.717, 1.165) is 0 Å². The van der Waals surface area contributed by atoms with Crippen molar-refractivity contribution in [2.75, 3.05) is 11.9 Å². The summed E-state index contributed by atoms with van der Waals surface area (Å²) in [5.74, 6) is -0.742. The van der Waals surface area contributed by atoms with Gasteiger partial charge in [0, 0.05) is 28.9 Å². The van der Waals surface area contributed by atoms with E-state index in [1.165, 1.54) is 23.1 Å². The number of nitrogens with two attached hydrogens (primary N) is 2. The highest BCUT2D eigenvalue weighted by Gasteiger charge is 2.09. The maximum atomic E-state index is 13.7. The fourth-order valence-electron chi connectivity index (χ4n) is 2.20. The van der Waals surface area contributed by atoms with Crippen LogP contribution < -0.4 is 16.4 Å². The molecule has 0 atom stereocenters. The van der Waals surface area contributed by atoms with Crippen molar-refractivity contribution in [3.05, 3.63) is 77.1 Å². The van der Waals surface area contributed by atoms with Gasteiger partial charge in [-0.05, 0) is 30.3 Å². The highest BCUT2D eigenvalue weighted by Crippen LogP contribution is 2.19. The normalized spacial score (nSPS) is 12.0. The minimum Gasteiger partial charge on any atom is -0.383 e. The number of hydrogen-bond donors (Lipinski definition) is 2. The standard InChI is InChI=1S/C19H19ClFN5O/c1-3-17(27)26(2)13-7-4-6-12(10-13)18(22)25-19(23)24-11-14-15(20)8-5-9-16(14)21/h3-10H,1,11H2,2H3,(H4,22,23,24,25). The topological polar surface area (TPSA) is 97.1 Å². The Morgan fingerprint density at radius 1 is 1.30 bits per heavy atom. The van der Waals surface area contributed by atoms with Gasteiger partial charge in [0.2, 0.25) is 11.9 Å². The first-order valence-electron chi connectivity index (χ1n) is 7.91. The summed E-state index contributed by atoms with van der Waals surface area (Å²) < 4.78 is 13.7. The van der Waals surface area contributed by atoms with Gasteiger partial charge in [-0.25, -0.2) is 9.38 Å². The molecular formula is C19H19ClFN5O. The van der Waals surface area contributed by atoms with Gasteiger partial charge in [0.15, 0.2) is 0 Å². The van der Waals surface area contributed by atoms with Crippen molar-refractivity contribution in [3.8, 4) is 0 Å². The first-order valence-corrected chi connectivity index (χ1v) is 8.28. The van der Waals surface area contributed by atoms with E-state index in [2.05, 4.69) is 16.6 Å². The van der Waals surface area contributed by atoms with Crippen LogP contribution in [0.15, 0.2) is 65.1 Å². The van der Waals surface area contributed by atoms with Crippen LogP contribution in [-0.2, 0) is 11.3 Å². The maximum absolute atomic E-state index is 13.7. The van der Waals surface area contributed by atoms with Gasteiger partial charge in [-0.2, -0.15) is 4.99 Å². The molecule has 0 aliphatic heterocycles. The summed E-state index contributed by atoms with van der Waals surface area (Å²) in [6, 6.07) is 11.2. The van der Waals surface area contributed by atoms with Crippen LogP contribution in [0.2, 0.25) is 5.02 Å². The summed E-state index contributed by atoms with van der Waals surface area (Å²) in [5, 5.41) is 0.256. The van der Waals surface area contributed by atoms with Crippen LogP contribution >= 0.6 is 11.6 Å². The number of amidine groups is 1. The molecule has 6 nitrogen and oxygen atoms in total. The Morgan fingerprint density at radius 2 is 2.00 bits per heavy atom. The number of benzene rings is 2. The van der Waals surface area contributed by atoms with Crippen molar-refractivity contribution in [1.82, 2.24) is 0 Å². The number of aliphatic imine (C=N–C) groups is 2. The number of hydrogen-bond acceptors (Lipinski definition) is 2. The molecule has 2 aromatic carbocycles. The highest BCUT2D eigenvalue weighted by atomic mass is 35.5. The van der Waals surface area contributed by atoms with Crippen molar-refractivity contribution in [3.63, 3.8) is 0 Å². The third-order valence-corrected chi connectivity index (χ3v) is 4.08. The molecule has 0 aliphatic rings. The third-order valence-electron chi connectivity index (χ3n) is 3.73. The second kappa shape index (κ2) is 8.95. The van der Waals surface area contributed by atoms with E-state index in [0.29, 0.717) is 11.3 Å². The molecule has 0 saturated carbocycles. The smallest absolute Gasteiger partial charge is 0.250 e. The lowest BCUT2D eigenvalue weighted by atomic mass is 10.1. The minimum absolute atomic E-state index is 0.0647. The van der Waals surface area contributed by atoms with Gasteiger partial charge >= 0.3 is 0 Å². The summed E-state index contributed by atoms with van der Waals surface area (Å²) in [7, 11) is 1.62. The molecule has 4 N–H and O–H groups in total. The average Bonchev–Trinajstić information content (AvgIpc) is 2.66. The lowest BCUT2D eigenvalue weighted by Gasteiger charge is -2.16. The van der Waals surface area contributed by atoms with E-state index < -0.39 is 5.82 Å². The van der Waals surface area contributed by atoms with Gasteiger partial charge in [0.1, 0.15) is 11.7 Å². The van der Waals surface area contributed by atoms with Gasteiger partial charge < -0.3 is 16.4 Å². The zero-order chi connectivity index (χ0) is 20.0. The SMILES string of the molecule is C=CC(=O)N(C)c1cccc(/C(N)=N/C(N)=NCc2c(F)cccc2Cl)c1. The Labute approximate surface area is 161 Å². The minimum atomic E-state index is -0.473. The molecular weight excluding hydrogens is 369 g/mol. The van der Waals surface area contributed by atoms with Crippen molar-refractivity contribution >= 4 is 35.0 Å². The number of rotatable bonds is 5. The van der Waals surface area contributed by atoms with E-state index >= 15 is 0 Å². The van der Waals surface area contributed by atoms with Crippen LogP contribution in [0.1, 0.15) is 11.1 Å². The van der Waals surface area contributed by atoms with E-state index in [4.69, 9.17) is 23.1 Å². The van der Waals surface area contributed by atoms with E-state index in [1.807, 2.05) is 0 Å². The Morgan fingerprint density at radius 3 is 2.67 bits per heavy atom. The molecule has 2 rings (SSSR count). The van der Waals surface area contributed by atoms with Gasteiger partial charge in [-0.3, -0.25) is 4.79 Å². The zero-order valence-corrected chi connectivity index (χ0v) is 15.4. The van der Waals surface area contributed by atoms with E-state index in [9.17, 15) is 9.18 Å². The number of anilines is 1. The van der Waals surface area contributed by atoms with Crippen molar-refractivity contribution < 1.29 is 9.18 Å². The number of nitrogens with zero attached hydrogens (tertiary/aromatic N) is 3. The first-order chi connectivity index (χ1) is 12.8. The fraction of sp³-hybridized carbons (Fsp3) is 0.105. The molecule has 0 radical (unpaired) electrons. The molecule has 0 aromatic heterocycles. The van der Waals surface area contributed by atoms with Crippen molar-refractivity contribution in [1.29, 1.82) is 0 Å². The van der Waals surface area contributed by atoms with Gasteiger partial charge in [0.05, 0.1) is 6.54 Å². The monoisotopic (exact) mass is 387 g/mol. The molecule has 8 heteroatoms. The molecule has 0 heterocycles. The molecule has 140 valence electrons. The summed E-state index contributed by atoms with van der Waals surface area (Å²) in [6.07, 6.45) is 1.21. The number of likely N-dealkylation sites (N-methyl/N-ethyl adjacent to an activating group) is 1. The Bertz CT molecular complexity index is 906. The summed E-state index contributed by atoms with van der Waals surface area (Å²) >= 11 is 5.95. The molecule has 0 saturated heterocycles. The molecule has 0 fully saturated rings. The average molecular weight is 388 g/mol. The van der Waals surface area contributed by atoms with Gasteiger partial charge in [-0.15, -0.1) is 0 Å². The molecule has 2 aromatic rings. The molecule has 0 spiro atoms. The van der Waals surface area contributed by atoms with Gasteiger partial charge in [-0.1, -0.05) is 36.4 Å². The number of carbonyl (C=O) groups is 1. The zero-order valence-electron chi connectivity index (χ0n) is 14.7. The fourth-order valence-corrected chi connectivity index (χ4v) is 2.43. The van der Waals surface area contributed by atoms with E-state index in [1.54, 1.807) is 37.4 Å². The Balaban J connectivity index is 2.21. The first kappa shape index (κ1) is 20.1. The van der Waals surface area contributed by atoms with Crippen LogP contribution in [0.25, 0.3) is 0 Å². The molecule has 1 amide bonds. The van der Waals surface area contributed by atoms with E-state index in [-0.39, 0.29) is 34.8 Å². The summed E-state index contributed by atoms with van der Waals surface area (Å²) in [5.41, 5.74) is 13.1. The lowest BCUT2D eigenvalue weighted by Crippen LogP contribution is -2.25. The predicted molar refractivity (Wildman–Crippen MR) is 108 cm³/mol. The van der Waals surface area contributed by atoms with Crippen molar-refractivity contribution in [2.45, 2.75) is 6.54 Å². The molecule has 0 bridgehead atoms. The second-order valence-corrected chi connectivity index (χ2v) is 5.93. The van der Waals surface area contributed by atoms with Crippen LogP contribution in [0, 0.1) is 5.82 Å². The van der Waals surface area contributed by atoms with Crippen LogP contribution in [0.3, 0.4) is 0 Å². The van der Waals surface area contributed by atoms with Crippen LogP contribution in [0.4, 0.5) is 10.1 Å². The number of halogens is 2. The maximum Gasteiger partial charge on any atom is 0.250 e. The largest absolute Gasteiger partial charge is 0.383 e. The van der Waals surface area contributed by atoms with Crippen molar-refractivity contribution in [2.24, 2.45) is 21.5 Å². The number of guanidine groups is 1. The molecule has 0 unspecified atom stereocenters. The predicted octanol–water partition coefficient (Wildman–Crippen LogP) is 2.85. The third kappa shape index (κ3) is 5.15. The highest BCUT2D eigenvalue weighted by molar-refractivity contribution is 6.31. The molecule has 27 heavy (non-hydrogen) atoms. The molecule has 0 aliphatic carbocycles. The summed E-state index contributed by atoms with van der Waals surface area (Å²) in [6.45, 7) is 3.39. The van der Waals surface area contributed by atoms with Crippen LogP contribution in [-0.4, -0.2) is 24.8 Å². The second-order valence-electron chi connectivity index (χ2n) is 5.52. The summed E-state index contributed by atoms with van der Waals surface area (Å²) in [4.78, 5) is 21.2. The van der Waals surface area contributed by atoms with Crippen LogP contribution in [0.5, 0.6) is 0 Å².